The van der Waals surface area contributed by atoms with E-state index in [1.807, 2.05) is 0 Å². The maximum atomic E-state index is 4.14. The van der Waals surface area contributed by atoms with Crippen LogP contribution in [0.25, 0.3) is 0 Å². The van der Waals surface area contributed by atoms with Crippen LogP contribution in [0.3, 0.4) is 0 Å². The molecule has 6 heteroatoms. The van der Waals surface area contributed by atoms with E-state index in [0.717, 1.165) is 11.4 Å². The Hall–Kier alpha value is -3.21. The van der Waals surface area contributed by atoms with Crippen LogP contribution < -0.4 is 31.7 Å². The molecule has 0 saturated carbocycles. The number of anilines is 6. The van der Waals surface area contributed by atoms with Crippen LogP contribution in [0.1, 0.15) is 0 Å². The van der Waals surface area contributed by atoms with E-state index in [1.165, 1.54) is 44.6 Å². The Morgan fingerprint density at radius 3 is 1.17 bits per heavy atom. The summed E-state index contributed by atoms with van der Waals surface area (Å²) in [6.45, 7) is 0. The van der Waals surface area contributed by atoms with E-state index in [0.29, 0.717) is 0 Å². The lowest BCUT2D eigenvalue weighted by molar-refractivity contribution is 1.27. The number of hydrogen-bond acceptors (Lipinski definition) is 2. The van der Waals surface area contributed by atoms with Crippen molar-refractivity contribution in [1.29, 1.82) is 0 Å². The van der Waals surface area contributed by atoms with Gasteiger partial charge in [0.1, 0.15) is 0 Å². The summed E-state index contributed by atoms with van der Waals surface area (Å²) in [7, 11) is 0. The zero-order chi connectivity index (χ0) is 24.2. The summed E-state index contributed by atoms with van der Waals surface area (Å²) in [6, 6.07) is 43.3. The molecule has 0 radical (unpaired) electrons. The van der Waals surface area contributed by atoms with Crippen LogP contribution in [-0.4, -0.2) is 11.1 Å². The summed E-state index contributed by atoms with van der Waals surface area (Å²) in [5, 5.41) is 0. The normalized spacial score (nSPS) is 13.6. The standard InChI is InChI=1S/C30H20B2Br2N2/c33-31-23-15-7-9-17-25(23)35(21-11-3-1-4-12-21)27-19-20-28-30(29(27)31)32(34)24-16-8-10-18-26(24)36(28)22-13-5-2-6-14-22/h1-20H. The van der Waals surface area contributed by atoms with E-state index in [-0.39, 0.29) is 11.1 Å². The van der Waals surface area contributed by atoms with Crippen molar-refractivity contribution in [2.75, 3.05) is 9.80 Å². The fraction of sp³-hybridized carbons (Fsp3) is 0. The number of fused-ring (bicyclic) bond motifs is 5. The summed E-state index contributed by atoms with van der Waals surface area (Å²) in [4.78, 5) is 4.80. The van der Waals surface area contributed by atoms with Gasteiger partial charge in [0.25, 0.3) is 11.1 Å². The predicted octanol–water partition coefficient (Wildman–Crippen LogP) is 6.25. The fourth-order valence-corrected chi connectivity index (χ4v) is 7.36. The quantitative estimate of drug-likeness (QED) is 0.225. The minimum absolute atomic E-state index is 0.0709. The second kappa shape index (κ2) is 8.72. The van der Waals surface area contributed by atoms with Crippen molar-refractivity contribution in [2.45, 2.75) is 0 Å². The highest BCUT2D eigenvalue weighted by molar-refractivity contribution is 9.26. The van der Waals surface area contributed by atoms with E-state index in [9.17, 15) is 0 Å². The average molecular weight is 590 g/mol. The molecule has 2 heterocycles. The molecule has 7 rings (SSSR count). The molecule has 2 aliphatic heterocycles. The fourth-order valence-electron chi connectivity index (χ4n) is 5.63. The van der Waals surface area contributed by atoms with Crippen molar-refractivity contribution in [3.8, 4) is 0 Å². The van der Waals surface area contributed by atoms with Crippen molar-refractivity contribution in [1.82, 2.24) is 0 Å². The van der Waals surface area contributed by atoms with Gasteiger partial charge in [-0.1, -0.05) is 72.8 Å². The largest absolute Gasteiger partial charge is 0.312 e. The van der Waals surface area contributed by atoms with Gasteiger partial charge < -0.3 is 9.80 Å². The van der Waals surface area contributed by atoms with Gasteiger partial charge >= 0.3 is 0 Å². The number of para-hydroxylation sites is 4. The van der Waals surface area contributed by atoms with Crippen LogP contribution in [-0.2, 0) is 0 Å². The topological polar surface area (TPSA) is 6.48 Å². The van der Waals surface area contributed by atoms with Crippen molar-refractivity contribution in [3.05, 3.63) is 121 Å². The number of nitrogens with zero attached hydrogens (tertiary/aromatic N) is 2. The van der Waals surface area contributed by atoms with E-state index in [2.05, 4.69) is 163 Å². The van der Waals surface area contributed by atoms with Gasteiger partial charge in [-0.25, -0.2) is 0 Å². The molecular formula is C30H20B2Br2N2. The zero-order valence-corrected chi connectivity index (χ0v) is 22.5. The van der Waals surface area contributed by atoms with Crippen LogP contribution in [0.5, 0.6) is 0 Å². The third kappa shape index (κ3) is 3.24. The molecule has 5 aromatic carbocycles. The van der Waals surface area contributed by atoms with Gasteiger partial charge in [-0.3, -0.25) is 0 Å². The molecule has 0 saturated heterocycles. The molecule has 0 bridgehead atoms. The van der Waals surface area contributed by atoms with Gasteiger partial charge in [0.15, 0.2) is 0 Å². The van der Waals surface area contributed by atoms with Gasteiger partial charge in [0.05, 0.1) is 0 Å². The van der Waals surface area contributed by atoms with Gasteiger partial charge in [0.2, 0.25) is 0 Å². The summed E-state index contributed by atoms with van der Waals surface area (Å²) >= 11 is 8.29. The molecule has 0 unspecified atom stereocenters. The van der Waals surface area contributed by atoms with Crippen LogP contribution >= 0.6 is 31.5 Å². The van der Waals surface area contributed by atoms with Crippen LogP contribution in [0.2, 0.25) is 0 Å². The maximum absolute atomic E-state index is 4.14. The molecule has 0 amide bonds. The van der Waals surface area contributed by atoms with Crippen LogP contribution in [0.15, 0.2) is 121 Å². The predicted molar refractivity (Wildman–Crippen MR) is 164 cm³/mol. The third-order valence-electron chi connectivity index (χ3n) is 7.16. The third-order valence-corrected chi connectivity index (χ3v) is 9.06. The van der Waals surface area contributed by atoms with Gasteiger partial charge in [-0.05, 0) is 70.4 Å². The number of hydrogen-bond donors (Lipinski definition) is 0. The summed E-state index contributed by atoms with van der Waals surface area (Å²) in [5.41, 5.74) is 12.4. The molecule has 2 nitrogen and oxygen atoms in total. The first-order valence-corrected chi connectivity index (χ1v) is 13.9. The van der Waals surface area contributed by atoms with Crippen LogP contribution in [0.4, 0.5) is 34.1 Å². The number of halogens is 2. The molecule has 0 N–H and O–H groups in total. The minimum atomic E-state index is 0.0709. The summed E-state index contributed by atoms with van der Waals surface area (Å²) < 4.78 is 0. The van der Waals surface area contributed by atoms with Crippen molar-refractivity contribution >= 4 is 98.6 Å². The summed E-state index contributed by atoms with van der Waals surface area (Å²) in [5.74, 6) is 0. The van der Waals surface area contributed by atoms with Crippen LogP contribution in [0, 0.1) is 0 Å². The molecule has 0 fully saturated rings. The highest BCUT2D eigenvalue weighted by Crippen LogP contribution is 2.41. The number of rotatable bonds is 2. The molecule has 36 heavy (non-hydrogen) atoms. The Morgan fingerprint density at radius 1 is 0.389 bits per heavy atom. The highest BCUT2D eigenvalue weighted by atomic mass is 79.9. The molecule has 0 atom stereocenters. The summed E-state index contributed by atoms with van der Waals surface area (Å²) in [6.07, 6.45) is 0. The molecule has 0 spiro atoms. The van der Waals surface area contributed by atoms with E-state index in [1.54, 1.807) is 0 Å². The first kappa shape index (κ1) is 22.0. The smallest absolute Gasteiger partial charge is 0.291 e. The Bertz CT molecular complexity index is 1470. The van der Waals surface area contributed by atoms with Crippen molar-refractivity contribution in [3.63, 3.8) is 0 Å². The van der Waals surface area contributed by atoms with Gasteiger partial charge in [-0.15, -0.1) is 31.5 Å². The Morgan fingerprint density at radius 2 is 0.750 bits per heavy atom. The zero-order valence-electron chi connectivity index (χ0n) is 19.4. The van der Waals surface area contributed by atoms with Crippen molar-refractivity contribution in [2.24, 2.45) is 0 Å². The SMILES string of the molecule is BrB1c2ccccc2N(c2ccccc2)c2ccc3c(c21)B(Br)c1ccccc1N3c1ccccc1. The van der Waals surface area contributed by atoms with E-state index < -0.39 is 0 Å². The second-order valence-electron chi connectivity index (χ2n) is 9.12. The molecule has 170 valence electrons. The van der Waals surface area contributed by atoms with Crippen molar-refractivity contribution < 1.29 is 0 Å². The molecule has 0 aliphatic carbocycles. The lowest BCUT2D eigenvalue weighted by atomic mass is 9.49. The second-order valence-corrected chi connectivity index (χ2v) is 10.9. The Labute approximate surface area is 228 Å². The minimum Gasteiger partial charge on any atom is -0.312 e. The first-order chi connectivity index (χ1) is 17.7. The van der Waals surface area contributed by atoms with E-state index >= 15 is 0 Å². The Balaban J connectivity index is 1.54. The molecule has 5 aromatic rings. The van der Waals surface area contributed by atoms with Gasteiger partial charge in [-0.2, -0.15) is 0 Å². The number of benzene rings is 5. The highest BCUT2D eigenvalue weighted by Gasteiger charge is 2.41. The maximum Gasteiger partial charge on any atom is 0.291 e. The first-order valence-electron chi connectivity index (χ1n) is 12.1. The average Bonchev–Trinajstić information content (AvgIpc) is 2.94. The van der Waals surface area contributed by atoms with E-state index in [4.69, 9.17) is 0 Å². The molecular weight excluding hydrogens is 570 g/mol. The molecule has 2 aliphatic rings. The monoisotopic (exact) mass is 588 g/mol. The lowest BCUT2D eigenvalue weighted by Gasteiger charge is -2.41. The Kier molecular flexibility index (Phi) is 5.33. The lowest BCUT2D eigenvalue weighted by Crippen LogP contribution is -2.60. The van der Waals surface area contributed by atoms with Gasteiger partial charge in [0, 0.05) is 34.1 Å². The molecule has 0 aromatic heterocycles.